The Morgan fingerprint density at radius 1 is 1.56 bits per heavy atom. The summed E-state index contributed by atoms with van der Waals surface area (Å²) in [6.07, 6.45) is 3.02. The molecular formula is C7H13O2. The summed E-state index contributed by atoms with van der Waals surface area (Å²) in [5.41, 5.74) is 0. The summed E-state index contributed by atoms with van der Waals surface area (Å²) in [6.45, 7) is 5.08. The lowest BCUT2D eigenvalue weighted by molar-refractivity contribution is 0.0845. The van der Waals surface area contributed by atoms with Crippen molar-refractivity contribution in [2.45, 2.75) is 25.9 Å². The number of hydrogen-bond donors (Lipinski definition) is 0. The molecule has 0 spiro atoms. The van der Waals surface area contributed by atoms with Crippen molar-refractivity contribution < 1.29 is 9.47 Å². The summed E-state index contributed by atoms with van der Waals surface area (Å²) in [5, 5.41) is 0. The summed E-state index contributed by atoms with van der Waals surface area (Å²) < 4.78 is 10.2. The Hall–Kier alpha value is -0.0800. The van der Waals surface area contributed by atoms with Crippen molar-refractivity contribution in [1.29, 1.82) is 0 Å². The van der Waals surface area contributed by atoms with E-state index in [0.717, 1.165) is 6.61 Å². The monoisotopic (exact) mass is 129 g/mol. The van der Waals surface area contributed by atoms with Crippen LogP contribution in [-0.2, 0) is 9.47 Å². The van der Waals surface area contributed by atoms with Crippen LogP contribution in [0.1, 0.15) is 19.8 Å². The second kappa shape index (κ2) is 3.85. The van der Waals surface area contributed by atoms with E-state index in [1.807, 2.05) is 6.92 Å². The van der Waals surface area contributed by atoms with Gasteiger partial charge in [0.15, 0.2) is 0 Å². The lowest BCUT2D eigenvalue weighted by Gasteiger charge is -1.99. The third-order valence-corrected chi connectivity index (χ3v) is 1.21. The normalized spacial score (nSPS) is 18.3. The van der Waals surface area contributed by atoms with Crippen LogP contribution in [0.3, 0.4) is 0 Å². The third-order valence-electron chi connectivity index (χ3n) is 1.21. The van der Waals surface area contributed by atoms with Crippen LogP contribution in [0.2, 0.25) is 0 Å². The van der Waals surface area contributed by atoms with Crippen LogP contribution >= 0.6 is 0 Å². The van der Waals surface area contributed by atoms with E-state index in [1.165, 1.54) is 12.8 Å². The molecule has 0 saturated heterocycles. The number of rotatable bonds is 5. The standard InChI is InChI=1S/C7H13O2/c1-2-8-5-6-9-7-3-4-7/h5,7H,2-4,6H2,1H3. The van der Waals surface area contributed by atoms with Crippen LogP contribution in [0.4, 0.5) is 0 Å². The molecular weight excluding hydrogens is 116 g/mol. The molecule has 0 amide bonds. The molecule has 0 aromatic carbocycles. The highest BCUT2D eigenvalue weighted by atomic mass is 16.5. The van der Waals surface area contributed by atoms with Crippen LogP contribution in [0, 0.1) is 6.61 Å². The maximum absolute atomic E-state index is 5.27. The van der Waals surface area contributed by atoms with Crippen molar-refractivity contribution in [3.05, 3.63) is 6.61 Å². The van der Waals surface area contributed by atoms with Crippen molar-refractivity contribution in [2.75, 3.05) is 13.2 Å². The first kappa shape index (κ1) is 7.03. The van der Waals surface area contributed by atoms with Gasteiger partial charge in [0.25, 0.3) is 0 Å². The van der Waals surface area contributed by atoms with E-state index < -0.39 is 0 Å². The SMILES string of the molecule is CCO[CH]COC1CC1. The van der Waals surface area contributed by atoms with Crippen LogP contribution in [0.5, 0.6) is 0 Å². The Balaban J connectivity index is 1.71. The fourth-order valence-electron chi connectivity index (χ4n) is 0.576. The van der Waals surface area contributed by atoms with Crippen LogP contribution in [-0.4, -0.2) is 19.3 Å². The molecule has 0 aromatic heterocycles. The van der Waals surface area contributed by atoms with E-state index in [0.29, 0.717) is 12.7 Å². The molecule has 1 fully saturated rings. The zero-order valence-corrected chi connectivity index (χ0v) is 5.80. The molecule has 1 saturated carbocycles. The average Bonchev–Trinajstić information content (AvgIpc) is 2.63. The van der Waals surface area contributed by atoms with E-state index in [2.05, 4.69) is 0 Å². The van der Waals surface area contributed by atoms with E-state index in [9.17, 15) is 0 Å². The van der Waals surface area contributed by atoms with Crippen molar-refractivity contribution in [3.8, 4) is 0 Å². The van der Waals surface area contributed by atoms with Crippen molar-refractivity contribution >= 4 is 0 Å². The molecule has 0 aromatic rings. The summed E-state index contributed by atoms with van der Waals surface area (Å²) in [7, 11) is 0. The fraction of sp³-hybridized carbons (Fsp3) is 0.857. The Labute approximate surface area is 56.2 Å². The van der Waals surface area contributed by atoms with Gasteiger partial charge >= 0.3 is 0 Å². The van der Waals surface area contributed by atoms with E-state index in [4.69, 9.17) is 9.47 Å². The smallest absolute Gasteiger partial charge is 0.109 e. The molecule has 2 heteroatoms. The van der Waals surface area contributed by atoms with Gasteiger partial charge in [-0.15, -0.1) is 0 Å². The Bertz CT molecular complexity index is 69.3. The Morgan fingerprint density at radius 3 is 2.89 bits per heavy atom. The minimum absolute atomic E-state index is 0.543. The fourth-order valence-corrected chi connectivity index (χ4v) is 0.576. The molecule has 1 aliphatic carbocycles. The second-order valence-corrected chi connectivity index (χ2v) is 2.15. The molecule has 2 nitrogen and oxygen atoms in total. The minimum atomic E-state index is 0.543. The lowest BCUT2D eigenvalue weighted by atomic mass is 10.7. The highest BCUT2D eigenvalue weighted by molar-refractivity contribution is 4.73. The highest BCUT2D eigenvalue weighted by Crippen LogP contribution is 2.23. The zero-order chi connectivity index (χ0) is 6.53. The van der Waals surface area contributed by atoms with Gasteiger partial charge in [0, 0.05) is 6.61 Å². The van der Waals surface area contributed by atoms with Crippen LogP contribution in [0.15, 0.2) is 0 Å². The Kier molecular flexibility index (Phi) is 3.01. The van der Waals surface area contributed by atoms with Crippen LogP contribution in [0.25, 0.3) is 0 Å². The maximum atomic E-state index is 5.27. The molecule has 1 radical (unpaired) electrons. The second-order valence-electron chi connectivity index (χ2n) is 2.15. The van der Waals surface area contributed by atoms with Crippen molar-refractivity contribution in [3.63, 3.8) is 0 Å². The summed E-state index contributed by atoms with van der Waals surface area (Å²) >= 11 is 0. The van der Waals surface area contributed by atoms with Gasteiger partial charge in [-0.25, -0.2) is 0 Å². The average molecular weight is 129 g/mol. The lowest BCUT2D eigenvalue weighted by Crippen LogP contribution is -1.99. The quantitative estimate of drug-likeness (QED) is 0.522. The molecule has 1 rings (SSSR count). The first-order chi connectivity index (χ1) is 4.43. The van der Waals surface area contributed by atoms with Gasteiger partial charge in [-0.3, -0.25) is 0 Å². The molecule has 0 bridgehead atoms. The predicted octanol–water partition coefficient (Wildman–Crippen LogP) is 1.36. The molecule has 0 aliphatic heterocycles. The van der Waals surface area contributed by atoms with E-state index in [-0.39, 0.29) is 0 Å². The van der Waals surface area contributed by atoms with E-state index >= 15 is 0 Å². The van der Waals surface area contributed by atoms with Crippen molar-refractivity contribution in [2.24, 2.45) is 0 Å². The number of ether oxygens (including phenoxy) is 2. The molecule has 0 atom stereocenters. The zero-order valence-electron chi connectivity index (χ0n) is 5.80. The molecule has 9 heavy (non-hydrogen) atoms. The molecule has 0 heterocycles. The van der Waals surface area contributed by atoms with Gasteiger partial charge in [0.05, 0.1) is 12.7 Å². The van der Waals surface area contributed by atoms with Gasteiger partial charge in [-0.2, -0.15) is 0 Å². The first-order valence-corrected chi connectivity index (χ1v) is 3.48. The molecule has 0 unspecified atom stereocenters. The van der Waals surface area contributed by atoms with Gasteiger partial charge in [0.2, 0.25) is 0 Å². The van der Waals surface area contributed by atoms with E-state index in [1.54, 1.807) is 6.61 Å². The molecule has 1 aliphatic rings. The largest absolute Gasteiger partial charge is 0.375 e. The van der Waals surface area contributed by atoms with Gasteiger partial charge < -0.3 is 9.47 Å². The third kappa shape index (κ3) is 3.49. The molecule has 53 valence electrons. The van der Waals surface area contributed by atoms with Gasteiger partial charge in [0.1, 0.15) is 6.61 Å². The summed E-state index contributed by atoms with van der Waals surface area (Å²) in [6, 6.07) is 0. The van der Waals surface area contributed by atoms with Gasteiger partial charge in [-0.05, 0) is 19.8 Å². The predicted molar refractivity (Wildman–Crippen MR) is 34.9 cm³/mol. The number of hydrogen-bond acceptors (Lipinski definition) is 2. The van der Waals surface area contributed by atoms with Gasteiger partial charge in [-0.1, -0.05) is 0 Å². The maximum Gasteiger partial charge on any atom is 0.109 e. The summed E-state index contributed by atoms with van der Waals surface area (Å²) in [4.78, 5) is 0. The Morgan fingerprint density at radius 2 is 2.33 bits per heavy atom. The van der Waals surface area contributed by atoms with Crippen molar-refractivity contribution in [1.82, 2.24) is 0 Å². The topological polar surface area (TPSA) is 18.5 Å². The molecule has 0 N–H and O–H groups in total. The minimum Gasteiger partial charge on any atom is -0.375 e. The highest BCUT2D eigenvalue weighted by Gasteiger charge is 2.21. The first-order valence-electron chi connectivity index (χ1n) is 3.48. The van der Waals surface area contributed by atoms with Crippen LogP contribution < -0.4 is 0 Å². The summed E-state index contributed by atoms with van der Waals surface area (Å²) in [5.74, 6) is 0.